The Morgan fingerprint density at radius 2 is 2.22 bits per heavy atom. The Hall–Kier alpha value is -1.34. The summed E-state index contributed by atoms with van der Waals surface area (Å²) in [7, 11) is 1.70. The first-order valence-electron chi connectivity index (χ1n) is 5.28. The number of aromatic amines is 1. The zero-order valence-electron chi connectivity index (χ0n) is 9.54. The Balaban J connectivity index is 2.30. The monoisotopic (exact) mass is 316 g/mol. The highest BCUT2D eigenvalue weighted by Crippen LogP contribution is 2.25. The van der Waals surface area contributed by atoms with Gasteiger partial charge < -0.3 is 5.32 Å². The predicted octanol–water partition coefficient (Wildman–Crippen LogP) is 2.35. The molecule has 2 N–H and O–H groups in total. The van der Waals surface area contributed by atoms with E-state index >= 15 is 0 Å². The molecule has 96 valence electrons. The van der Waals surface area contributed by atoms with Gasteiger partial charge in [-0.1, -0.05) is 0 Å². The molecule has 2 aromatic rings. The van der Waals surface area contributed by atoms with Crippen molar-refractivity contribution in [2.24, 2.45) is 0 Å². The van der Waals surface area contributed by atoms with Gasteiger partial charge >= 0.3 is 0 Å². The highest BCUT2D eigenvalue weighted by molar-refractivity contribution is 9.10. The third-order valence-corrected chi connectivity index (χ3v) is 3.30. The molecule has 0 radical (unpaired) electrons. The van der Waals surface area contributed by atoms with Crippen molar-refractivity contribution in [2.75, 3.05) is 7.05 Å². The van der Waals surface area contributed by atoms with Crippen LogP contribution in [0.15, 0.2) is 22.8 Å². The molecule has 0 aliphatic heterocycles. The van der Waals surface area contributed by atoms with E-state index in [0.29, 0.717) is 5.69 Å². The van der Waals surface area contributed by atoms with E-state index in [9.17, 15) is 8.78 Å². The van der Waals surface area contributed by atoms with Crippen LogP contribution in [-0.4, -0.2) is 22.5 Å². The van der Waals surface area contributed by atoms with Crippen molar-refractivity contribution in [3.8, 4) is 0 Å². The summed E-state index contributed by atoms with van der Waals surface area (Å²) in [6.07, 6.45) is 1.68. The second-order valence-electron chi connectivity index (χ2n) is 3.76. The summed E-state index contributed by atoms with van der Waals surface area (Å²) < 4.78 is 27.7. The minimum Gasteiger partial charge on any atom is -0.311 e. The maximum Gasteiger partial charge on any atom is 0.143 e. The van der Waals surface area contributed by atoms with Gasteiger partial charge in [0.05, 0.1) is 22.4 Å². The van der Waals surface area contributed by atoms with E-state index in [0.717, 1.165) is 0 Å². The van der Waals surface area contributed by atoms with Crippen LogP contribution in [0.4, 0.5) is 8.78 Å². The summed E-state index contributed by atoms with van der Waals surface area (Å²) in [5.41, 5.74) is 0.628. The summed E-state index contributed by atoms with van der Waals surface area (Å²) in [6.45, 7) is 0. The van der Waals surface area contributed by atoms with Crippen molar-refractivity contribution in [3.63, 3.8) is 0 Å². The van der Waals surface area contributed by atoms with Gasteiger partial charge in [0.2, 0.25) is 0 Å². The third kappa shape index (κ3) is 2.56. The fourth-order valence-electron chi connectivity index (χ4n) is 1.69. The van der Waals surface area contributed by atoms with Crippen molar-refractivity contribution >= 4 is 15.9 Å². The molecule has 1 atom stereocenters. The van der Waals surface area contributed by atoms with Gasteiger partial charge in [-0.15, -0.1) is 0 Å². The predicted molar refractivity (Wildman–Crippen MR) is 65.9 cm³/mol. The molecule has 7 heteroatoms. The van der Waals surface area contributed by atoms with Gasteiger partial charge in [0.15, 0.2) is 0 Å². The second kappa shape index (κ2) is 5.53. The molecule has 0 spiro atoms. The van der Waals surface area contributed by atoms with Crippen LogP contribution in [0.3, 0.4) is 0 Å². The van der Waals surface area contributed by atoms with Gasteiger partial charge in [0, 0.05) is 5.56 Å². The zero-order chi connectivity index (χ0) is 13.1. The first-order valence-corrected chi connectivity index (χ1v) is 6.08. The minimum atomic E-state index is -0.584. The van der Waals surface area contributed by atoms with Crippen molar-refractivity contribution in [3.05, 3.63) is 45.7 Å². The van der Waals surface area contributed by atoms with E-state index in [1.807, 2.05) is 0 Å². The molecule has 4 nitrogen and oxygen atoms in total. The van der Waals surface area contributed by atoms with Crippen molar-refractivity contribution in [1.29, 1.82) is 0 Å². The van der Waals surface area contributed by atoms with Crippen LogP contribution in [0.1, 0.15) is 17.3 Å². The summed E-state index contributed by atoms with van der Waals surface area (Å²) >= 11 is 3.04. The van der Waals surface area contributed by atoms with Crippen LogP contribution in [0.5, 0.6) is 0 Å². The molecule has 2 rings (SSSR count). The third-order valence-electron chi connectivity index (χ3n) is 2.69. The molecule has 0 amide bonds. The maximum absolute atomic E-state index is 13.8. The van der Waals surface area contributed by atoms with E-state index in [4.69, 9.17) is 0 Å². The molecule has 0 saturated carbocycles. The Kier molecular flexibility index (Phi) is 4.03. The molecule has 1 aromatic carbocycles. The molecule has 0 saturated heterocycles. The number of likely N-dealkylation sites (N-methyl/N-ethyl adjacent to an activating group) is 1. The van der Waals surface area contributed by atoms with Crippen LogP contribution in [-0.2, 0) is 6.42 Å². The van der Waals surface area contributed by atoms with E-state index in [1.54, 1.807) is 7.05 Å². The zero-order valence-corrected chi connectivity index (χ0v) is 11.1. The number of H-pyrrole nitrogens is 1. The Morgan fingerprint density at radius 1 is 1.44 bits per heavy atom. The number of nitrogens with one attached hydrogen (secondary N) is 2. The van der Waals surface area contributed by atoms with Gasteiger partial charge in [-0.05, 0) is 41.5 Å². The average Bonchev–Trinajstić information content (AvgIpc) is 2.88. The molecule has 0 fully saturated rings. The van der Waals surface area contributed by atoms with E-state index in [1.165, 1.54) is 18.3 Å². The number of benzene rings is 1. The van der Waals surface area contributed by atoms with E-state index in [-0.39, 0.29) is 22.5 Å². The number of rotatable bonds is 4. The SMILES string of the molecule is CNC(Cc1c(F)ccc(Br)c1F)c1cn[nH]n1. The highest BCUT2D eigenvalue weighted by atomic mass is 79.9. The van der Waals surface area contributed by atoms with Gasteiger partial charge in [0.1, 0.15) is 11.6 Å². The van der Waals surface area contributed by atoms with Gasteiger partial charge in [-0.2, -0.15) is 15.4 Å². The maximum atomic E-state index is 13.8. The van der Waals surface area contributed by atoms with Crippen LogP contribution >= 0.6 is 15.9 Å². The lowest BCUT2D eigenvalue weighted by atomic mass is 10.0. The number of hydrogen-bond acceptors (Lipinski definition) is 3. The molecular formula is C11H11BrF2N4. The fourth-order valence-corrected chi connectivity index (χ4v) is 2.06. The average molecular weight is 317 g/mol. The van der Waals surface area contributed by atoms with Crippen molar-refractivity contribution in [1.82, 2.24) is 20.7 Å². The lowest BCUT2D eigenvalue weighted by Crippen LogP contribution is -2.20. The van der Waals surface area contributed by atoms with Crippen LogP contribution in [0.2, 0.25) is 0 Å². The lowest BCUT2D eigenvalue weighted by molar-refractivity contribution is 0.506. The Morgan fingerprint density at radius 3 is 2.83 bits per heavy atom. The fraction of sp³-hybridized carbons (Fsp3) is 0.273. The first kappa shape index (κ1) is 13.1. The molecule has 1 unspecified atom stereocenters. The minimum absolute atomic E-state index is 0.0201. The lowest BCUT2D eigenvalue weighted by Gasteiger charge is -2.14. The van der Waals surface area contributed by atoms with Crippen LogP contribution in [0, 0.1) is 11.6 Å². The van der Waals surface area contributed by atoms with Crippen molar-refractivity contribution < 1.29 is 8.78 Å². The molecule has 0 aliphatic rings. The van der Waals surface area contributed by atoms with Crippen LogP contribution < -0.4 is 5.32 Å². The Bertz CT molecular complexity index is 530. The van der Waals surface area contributed by atoms with Gasteiger partial charge in [-0.25, -0.2) is 8.78 Å². The largest absolute Gasteiger partial charge is 0.311 e. The second-order valence-corrected chi connectivity index (χ2v) is 4.62. The molecule has 18 heavy (non-hydrogen) atoms. The number of aromatic nitrogens is 3. The van der Waals surface area contributed by atoms with Crippen LogP contribution in [0.25, 0.3) is 0 Å². The number of nitrogens with zero attached hydrogens (tertiary/aromatic N) is 2. The van der Waals surface area contributed by atoms with E-state index < -0.39 is 11.6 Å². The normalized spacial score (nSPS) is 12.7. The molecule has 1 aromatic heterocycles. The Labute approximate surface area is 111 Å². The number of hydrogen-bond donors (Lipinski definition) is 2. The standard InChI is InChI=1S/C11H11BrF2N4/c1-15-9(10-5-16-18-17-10)4-6-8(13)3-2-7(12)11(6)14/h2-3,5,9,15H,4H2,1H3,(H,16,17,18). The molecule has 0 bridgehead atoms. The molecule has 0 aliphatic carbocycles. The molecular weight excluding hydrogens is 306 g/mol. The molecule has 1 heterocycles. The smallest absolute Gasteiger partial charge is 0.143 e. The highest BCUT2D eigenvalue weighted by Gasteiger charge is 2.19. The topological polar surface area (TPSA) is 53.6 Å². The summed E-state index contributed by atoms with van der Waals surface area (Å²) in [5.74, 6) is -1.15. The van der Waals surface area contributed by atoms with Crippen molar-refractivity contribution in [2.45, 2.75) is 12.5 Å². The quantitative estimate of drug-likeness (QED) is 0.851. The summed E-state index contributed by atoms with van der Waals surface area (Å²) in [6, 6.07) is 2.28. The summed E-state index contributed by atoms with van der Waals surface area (Å²) in [5, 5.41) is 13.0. The van der Waals surface area contributed by atoms with E-state index in [2.05, 4.69) is 36.7 Å². The summed E-state index contributed by atoms with van der Waals surface area (Å²) in [4.78, 5) is 0. The first-order chi connectivity index (χ1) is 8.63. The van der Waals surface area contributed by atoms with Gasteiger partial charge in [0.25, 0.3) is 0 Å². The van der Waals surface area contributed by atoms with Gasteiger partial charge in [-0.3, -0.25) is 0 Å². The number of halogens is 3.